The van der Waals surface area contributed by atoms with Crippen molar-refractivity contribution < 1.29 is 23.7 Å². The van der Waals surface area contributed by atoms with E-state index in [-0.39, 0.29) is 11.2 Å². The maximum Gasteiger partial charge on any atom is 0.161 e. The quantitative estimate of drug-likeness (QED) is 0.168. The van der Waals surface area contributed by atoms with E-state index in [0.717, 1.165) is 115 Å². The van der Waals surface area contributed by atoms with E-state index in [1.807, 2.05) is 12.1 Å². The maximum atomic E-state index is 6.36. The third-order valence-electron chi connectivity index (χ3n) is 22.2. The summed E-state index contributed by atoms with van der Waals surface area (Å²) in [6.45, 7) is 23.1. The summed E-state index contributed by atoms with van der Waals surface area (Å²) in [6, 6.07) is 39.7. The Balaban J connectivity index is 0.000000120. The average molecular weight is 1270 g/mol. The zero-order valence-corrected chi connectivity index (χ0v) is 59.2. The molecule has 0 amide bonds. The number of hydrogen-bond donors (Lipinski definition) is 0. The number of likely N-dealkylation sites (N-methyl/N-ethyl adjacent to an activating group) is 4. The molecule has 0 N–H and O–H groups in total. The van der Waals surface area contributed by atoms with Gasteiger partial charge in [0.05, 0.1) is 40.1 Å². The monoisotopic (exact) mass is 1270 g/mol. The standard InChI is InChI=1S/C15H19NO.C13H17NO.C12H18N2O.C12H17NO2.C11H22N2.C10H13N.C6H13N/c1-16-8-12-6-7-13(9-16)15(12)14-5-3-2-4-11(14)10-17-15;1-14-8-6-13(7-9-14)12-5-3-2-4-11(12)10-15-13;1-13-7-9-14(10-8-13)11-3-5-12(15-2)6-4-11;1-13-5-4-9-6-11(14-2)12(15-3)7-10(9)8-13;1-12-7-9-13(10-8-12)11-5-3-2-4-6-11;1-11-7-6-9-4-2-3-5-10(9)8-11;1-7-5-3-2-4-6-7/h2-5,12-13H,6-10H2,1H3;2-5H,6-10H2,1H3;3-6H,7-10H2,1-2H3;6-7H,4-5,8H2,1-3H3;11H,2-10H2,1H3;2-5H,6-8H2,1H3;2-6H2,1H3. The molecule has 510 valence electrons. The Morgan fingerprint density at radius 3 is 1.45 bits per heavy atom. The molecule has 0 aromatic heterocycles. The first-order valence-electron chi connectivity index (χ1n) is 35.9. The number of benzene rings is 5. The van der Waals surface area contributed by atoms with E-state index >= 15 is 0 Å². The van der Waals surface area contributed by atoms with Crippen molar-refractivity contribution in [2.75, 3.05) is 180 Å². The molecule has 0 radical (unpaired) electrons. The normalized spacial score (nSPS) is 24.8. The molecule has 9 heterocycles. The minimum absolute atomic E-state index is 0.0447. The lowest BCUT2D eigenvalue weighted by Gasteiger charge is -2.44. The van der Waals surface area contributed by atoms with Crippen LogP contribution >= 0.6 is 0 Å². The van der Waals surface area contributed by atoms with Gasteiger partial charge in [0, 0.05) is 128 Å². The van der Waals surface area contributed by atoms with Crippen LogP contribution in [0.5, 0.6) is 17.2 Å². The number of anilines is 1. The molecule has 2 bridgehead atoms. The molecule has 5 aromatic rings. The Morgan fingerprint density at radius 1 is 0.387 bits per heavy atom. The Hall–Kier alpha value is -5.10. The van der Waals surface area contributed by atoms with Crippen LogP contribution in [0, 0.1) is 11.8 Å². The zero-order valence-electron chi connectivity index (χ0n) is 59.2. The lowest BCUT2D eigenvalue weighted by atomic mass is 9.75. The van der Waals surface area contributed by atoms with Crippen LogP contribution in [-0.2, 0) is 59.8 Å². The van der Waals surface area contributed by atoms with Crippen LogP contribution in [0.15, 0.2) is 109 Å². The largest absolute Gasteiger partial charge is 0.497 e. The van der Waals surface area contributed by atoms with Gasteiger partial charge in [0.1, 0.15) is 11.4 Å². The number of fused-ring (bicyclic) bond motifs is 5. The van der Waals surface area contributed by atoms with Gasteiger partial charge in [-0.1, -0.05) is 98.5 Å². The summed E-state index contributed by atoms with van der Waals surface area (Å²) < 4.78 is 28.2. The van der Waals surface area contributed by atoms with E-state index in [0.29, 0.717) is 11.8 Å². The Labute approximate surface area is 562 Å². The molecule has 11 aliphatic rings. The van der Waals surface area contributed by atoms with Gasteiger partial charge >= 0.3 is 0 Å². The Morgan fingerprint density at radius 2 is 0.871 bits per heavy atom. The van der Waals surface area contributed by atoms with Crippen LogP contribution in [0.2, 0.25) is 0 Å². The van der Waals surface area contributed by atoms with Crippen LogP contribution in [0.4, 0.5) is 5.69 Å². The fraction of sp³-hybridized carbons (Fsp3) is 0.620. The van der Waals surface area contributed by atoms with Crippen molar-refractivity contribution >= 4 is 5.69 Å². The van der Waals surface area contributed by atoms with Gasteiger partial charge in [0.15, 0.2) is 11.5 Å². The van der Waals surface area contributed by atoms with Gasteiger partial charge in [0.25, 0.3) is 0 Å². The number of ether oxygens (including phenoxy) is 5. The fourth-order valence-electron chi connectivity index (χ4n) is 16.4. The molecule has 7 fully saturated rings. The predicted octanol–water partition coefficient (Wildman–Crippen LogP) is 12.0. The number of likely N-dealkylation sites (tertiary alicyclic amines) is 3. The minimum atomic E-state index is 0.0447. The van der Waals surface area contributed by atoms with Crippen LogP contribution < -0.4 is 19.1 Å². The molecule has 14 nitrogen and oxygen atoms in total. The van der Waals surface area contributed by atoms with Gasteiger partial charge in [-0.2, -0.15) is 0 Å². The number of piperazine rings is 2. The first-order chi connectivity index (χ1) is 45.3. The number of methoxy groups -OCH3 is 3. The van der Waals surface area contributed by atoms with Gasteiger partial charge in [-0.05, 0) is 208 Å². The van der Waals surface area contributed by atoms with Crippen molar-refractivity contribution in [1.29, 1.82) is 0 Å². The summed E-state index contributed by atoms with van der Waals surface area (Å²) >= 11 is 0. The summed E-state index contributed by atoms with van der Waals surface area (Å²) in [5, 5.41) is 0. The van der Waals surface area contributed by atoms with E-state index < -0.39 is 0 Å². The second-order valence-corrected chi connectivity index (χ2v) is 28.9. The highest BCUT2D eigenvalue weighted by molar-refractivity contribution is 5.50. The SMILES string of the molecule is CN1CC2CCC(C1)C21OCc2ccccc21.CN1CCC2(CC1)OCc1ccccc12.CN1CCCCC1.CN1CCN(C2CCCCC2)CC1.CN1CCc2ccccc2C1.COc1cc2c(cc1OC)CN(C)CC2.COc1ccc(N2CCN(C)CC2)cc1. The molecule has 9 aliphatic heterocycles. The van der Waals surface area contributed by atoms with Crippen LogP contribution in [0.1, 0.15) is 122 Å². The van der Waals surface area contributed by atoms with Crippen molar-refractivity contribution in [2.45, 2.75) is 133 Å². The molecule has 93 heavy (non-hydrogen) atoms. The topological polar surface area (TPSA) is 75.3 Å². The molecule has 5 aromatic carbocycles. The molecule has 2 aliphatic carbocycles. The first-order valence-corrected chi connectivity index (χ1v) is 35.9. The molecular weight excluding hydrogens is 1150 g/mol. The second kappa shape index (κ2) is 34.7. The summed E-state index contributed by atoms with van der Waals surface area (Å²) in [5.74, 6) is 3.99. The number of rotatable bonds is 5. The fourth-order valence-corrected chi connectivity index (χ4v) is 16.4. The highest BCUT2D eigenvalue weighted by Crippen LogP contribution is 2.57. The Kier molecular flexibility index (Phi) is 26.4. The smallest absolute Gasteiger partial charge is 0.161 e. The van der Waals surface area contributed by atoms with Gasteiger partial charge in [0.2, 0.25) is 0 Å². The third-order valence-corrected chi connectivity index (χ3v) is 22.2. The lowest BCUT2D eigenvalue weighted by Crippen LogP contribution is -2.50. The van der Waals surface area contributed by atoms with Crippen molar-refractivity contribution in [3.8, 4) is 17.2 Å². The van der Waals surface area contributed by atoms with Crippen LogP contribution in [0.25, 0.3) is 0 Å². The van der Waals surface area contributed by atoms with Crippen molar-refractivity contribution in [1.82, 2.24) is 39.2 Å². The molecule has 16 rings (SSSR count). The summed E-state index contributed by atoms with van der Waals surface area (Å²) in [5.41, 5.74) is 12.9. The van der Waals surface area contributed by atoms with E-state index in [2.05, 4.69) is 190 Å². The zero-order chi connectivity index (χ0) is 65.2. The molecule has 2 unspecified atom stereocenters. The highest BCUT2D eigenvalue weighted by atomic mass is 16.5. The van der Waals surface area contributed by atoms with E-state index in [1.165, 1.54) is 180 Å². The van der Waals surface area contributed by atoms with Gasteiger partial charge in [-0.25, -0.2) is 0 Å². The van der Waals surface area contributed by atoms with Gasteiger partial charge < -0.3 is 62.9 Å². The van der Waals surface area contributed by atoms with Crippen LogP contribution in [0.3, 0.4) is 0 Å². The average Bonchev–Trinajstić information content (AvgIpc) is 1.59. The molecular formula is C79H119N9O5. The van der Waals surface area contributed by atoms with Gasteiger partial charge in [-0.3, -0.25) is 4.90 Å². The maximum absolute atomic E-state index is 6.36. The summed E-state index contributed by atoms with van der Waals surface area (Å²) in [7, 11) is 20.4. The van der Waals surface area contributed by atoms with E-state index in [9.17, 15) is 0 Å². The number of hydrogen-bond acceptors (Lipinski definition) is 14. The van der Waals surface area contributed by atoms with E-state index in [4.69, 9.17) is 23.7 Å². The van der Waals surface area contributed by atoms with E-state index in [1.54, 1.807) is 21.3 Å². The molecule has 14 heteroatoms. The second-order valence-electron chi connectivity index (χ2n) is 28.9. The lowest BCUT2D eigenvalue weighted by molar-refractivity contribution is -0.127. The molecule has 2 saturated carbocycles. The van der Waals surface area contributed by atoms with Gasteiger partial charge in [-0.15, -0.1) is 0 Å². The Bertz CT molecular complexity index is 3000. The summed E-state index contributed by atoms with van der Waals surface area (Å²) in [6.07, 6.45) is 18.9. The minimum Gasteiger partial charge on any atom is -0.497 e. The molecule has 2 spiro atoms. The number of piperidine rings is 3. The van der Waals surface area contributed by atoms with Crippen molar-refractivity contribution in [2.24, 2.45) is 11.8 Å². The number of nitrogens with zero attached hydrogens (tertiary/aromatic N) is 9. The van der Waals surface area contributed by atoms with Crippen molar-refractivity contribution in [3.05, 3.63) is 154 Å². The summed E-state index contributed by atoms with van der Waals surface area (Å²) in [4.78, 5) is 21.9. The highest BCUT2D eigenvalue weighted by Gasteiger charge is 2.58. The van der Waals surface area contributed by atoms with Crippen LogP contribution in [-0.4, -0.2) is 221 Å². The molecule has 5 saturated heterocycles. The predicted molar refractivity (Wildman–Crippen MR) is 382 cm³/mol. The van der Waals surface area contributed by atoms with Crippen molar-refractivity contribution in [3.63, 3.8) is 0 Å². The molecule has 2 atom stereocenters. The first kappa shape index (κ1) is 70.7. The third kappa shape index (κ3) is 18.7.